The van der Waals surface area contributed by atoms with Crippen molar-refractivity contribution in [2.45, 2.75) is 57.2 Å². The number of amides is 1. The van der Waals surface area contributed by atoms with E-state index in [0.29, 0.717) is 13.2 Å². The van der Waals surface area contributed by atoms with Crippen molar-refractivity contribution >= 4 is 5.91 Å². The van der Waals surface area contributed by atoms with Crippen molar-refractivity contribution in [2.24, 2.45) is 11.7 Å². The maximum atomic E-state index is 13.1. The van der Waals surface area contributed by atoms with Gasteiger partial charge in [-0.3, -0.25) is 4.79 Å². The Morgan fingerprint density at radius 1 is 1.26 bits per heavy atom. The number of hydrogen-bond donors (Lipinski definition) is 1. The highest BCUT2D eigenvalue weighted by Gasteiger charge is 2.41. The highest BCUT2D eigenvalue weighted by atomic mass is 16.5. The molecule has 3 atom stereocenters. The Morgan fingerprint density at radius 3 is 2.70 bits per heavy atom. The van der Waals surface area contributed by atoms with Crippen LogP contribution in [0.25, 0.3) is 0 Å². The molecule has 23 heavy (non-hydrogen) atoms. The fourth-order valence-electron chi connectivity index (χ4n) is 3.78. The predicted molar refractivity (Wildman–Crippen MR) is 90.9 cm³/mol. The molecule has 0 spiro atoms. The van der Waals surface area contributed by atoms with Gasteiger partial charge in [-0.25, -0.2) is 0 Å². The van der Waals surface area contributed by atoms with Gasteiger partial charge in [-0.1, -0.05) is 36.8 Å². The number of carbonyl (C=O) groups excluding carboxylic acids is 1. The second-order valence-corrected chi connectivity index (χ2v) is 7.60. The Labute approximate surface area is 139 Å². The molecule has 4 nitrogen and oxygen atoms in total. The van der Waals surface area contributed by atoms with E-state index in [1.807, 2.05) is 23.1 Å². The second kappa shape index (κ2) is 6.62. The molecule has 2 aliphatic rings. The zero-order chi connectivity index (χ0) is 16.4. The molecule has 3 rings (SSSR count). The van der Waals surface area contributed by atoms with Crippen LogP contribution in [0.3, 0.4) is 0 Å². The molecule has 2 N–H and O–H groups in total. The van der Waals surface area contributed by atoms with Crippen LogP contribution in [-0.2, 0) is 9.53 Å². The maximum absolute atomic E-state index is 13.1. The van der Waals surface area contributed by atoms with Crippen LogP contribution in [0.2, 0.25) is 0 Å². The smallest absolute Gasteiger partial charge is 0.226 e. The Morgan fingerprint density at radius 2 is 2.00 bits per heavy atom. The minimum Gasteiger partial charge on any atom is -0.369 e. The van der Waals surface area contributed by atoms with Crippen LogP contribution in [0.1, 0.15) is 51.2 Å². The third-order valence-corrected chi connectivity index (χ3v) is 5.22. The summed E-state index contributed by atoms with van der Waals surface area (Å²) in [4.78, 5) is 15.1. The molecule has 4 heteroatoms. The van der Waals surface area contributed by atoms with Crippen molar-refractivity contribution in [1.82, 2.24) is 4.90 Å². The topological polar surface area (TPSA) is 55.6 Å². The minimum atomic E-state index is -0.260. The first kappa shape index (κ1) is 16.5. The van der Waals surface area contributed by atoms with Gasteiger partial charge in [0.1, 0.15) is 6.10 Å². The Hall–Kier alpha value is -1.39. The van der Waals surface area contributed by atoms with Crippen LogP contribution in [0.4, 0.5) is 0 Å². The van der Waals surface area contributed by atoms with E-state index in [9.17, 15) is 4.79 Å². The molecule has 0 aromatic heterocycles. The van der Waals surface area contributed by atoms with Gasteiger partial charge >= 0.3 is 0 Å². The molecule has 2 fully saturated rings. The van der Waals surface area contributed by atoms with Gasteiger partial charge in [0.2, 0.25) is 5.91 Å². The van der Waals surface area contributed by atoms with E-state index < -0.39 is 0 Å². The van der Waals surface area contributed by atoms with Crippen molar-refractivity contribution in [3.63, 3.8) is 0 Å². The van der Waals surface area contributed by atoms with Crippen LogP contribution in [0.15, 0.2) is 30.3 Å². The quantitative estimate of drug-likeness (QED) is 0.913. The van der Waals surface area contributed by atoms with Crippen LogP contribution >= 0.6 is 0 Å². The number of morpholine rings is 1. The lowest BCUT2D eigenvalue weighted by Gasteiger charge is -2.47. The Bertz CT molecular complexity index is 544. The molecule has 0 bridgehead atoms. The van der Waals surface area contributed by atoms with Gasteiger partial charge in [0.25, 0.3) is 0 Å². The molecule has 1 aliphatic carbocycles. The third kappa shape index (κ3) is 3.59. The van der Waals surface area contributed by atoms with E-state index in [0.717, 1.165) is 31.2 Å². The summed E-state index contributed by atoms with van der Waals surface area (Å²) in [5.41, 5.74) is 6.96. The van der Waals surface area contributed by atoms with Crippen LogP contribution in [0, 0.1) is 5.92 Å². The first-order valence-electron chi connectivity index (χ1n) is 8.71. The van der Waals surface area contributed by atoms with E-state index in [2.05, 4.69) is 26.0 Å². The number of carbonyl (C=O) groups is 1. The Balaban J connectivity index is 1.76. The average Bonchev–Trinajstić information content (AvgIpc) is 2.55. The summed E-state index contributed by atoms with van der Waals surface area (Å²) >= 11 is 0. The summed E-state index contributed by atoms with van der Waals surface area (Å²) in [7, 11) is 0. The summed E-state index contributed by atoms with van der Waals surface area (Å²) in [5, 5.41) is 0. The van der Waals surface area contributed by atoms with Gasteiger partial charge in [-0.2, -0.15) is 0 Å². The molecule has 1 aromatic rings. The molecule has 1 aliphatic heterocycles. The fourth-order valence-corrected chi connectivity index (χ4v) is 3.78. The molecule has 126 valence electrons. The van der Waals surface area contributed by atoms with Crippen molar-refractivity contribution < 1.29 is 9.53 Å². The van der Waals surface area contributed by atoms with Gasteiger partial charge in [0.05, 0.1) is 18.7 Å². The van der Waals surface area contributed by atoms with E-state index >= 15 is 0 Å². The van der Waals surface area contributed by atoms with Gasteiger partial charge in [0.15, 0.2) is 0 Å². The predicted octanol–water partition coefficient (Wildman–Crippen LogP) is 2.88. The van der Waals surface area contributed by atoms with Crippen molar-refractivity contribution in [3.05, 3.63) is 35.9 Å². The zero-order valence-electron chi connectivity index (χ0n) is 14.2. The summed E-state index contributed by atoms with van der Waals surface area (Å²) in [6, 6.07) is 10.4. The summed E-state index contributed by atoms with van der Waals surface area (Å²) in [6.45, 7) is 5.38. The number of hydrogen-bond acceptors (Lipinski definition) is 3. The SMILES string of the molecule is CC1(C)CO[C@H](c2ccccc2)CN1C(=O)[C@@H]1CCC[C@H](N)C1. The number of nitrogens with zero attached hydrogens (tertiary/aromatic N) is 1. The number of rotatable bonds is 2. The van der Waals surface area contributed by atoms with Gasteiger partial charge < -0.3 is 15.4 Å². The minimum absolute atomic E-state index is 0.0366. The largest absolute Gasteiger partial charge is 0.369 e. The second-order valence-electron chi connectivity index (χ2n) is 7.60. The van der Waals surface area contributed by atoms with Crippen LogP contribution < -0.4 is 5.73 Å². The first-order chi connectivity index (χ1) is 11.0. The zero-order valence-corrected chi connectivity index (χ0v) is 14.2. The monoisotopic (exact) mass is 316 g/mol. The molecule has 1 saturated heterocycles. The average molecular weight is 316 g/mol. The first-order valence-corrected chi connectivity index (χ1v) is 8.71. The molecule has 1 saturated carbocycles. The number of benzene rings is 1. The molecular formula is C19H28N2O2. The van der Waals surface area contributed by atoms with Gasteiger partial charge in [0, 0.05) is 12.0 Å². The third-order valence-electron chi connectivity index (χ3n) is 5.22. The van der Waals surface area contributed by atoms with Crippen molar-refractivity contribution in [1.29, 1.82) is 0 Å². The van der Waals surface area contributed by atoms with Gasteiger partial charge in [-0.05, 0) is 38.7 Å². The molecule has 1 aromatic carbocycles. The lowest BCUT2D eigenvalue weighted by atomic mass is 9.84. The number of nitrogens with two attached hydrogens (primary N) is 1. The lowest BCUT2D eigenvalue weighted by molar-refractivity contribution is -0.160. The van der Waals surface area contributed by atoms with Crippen LogP contribution in [-0.4, -0.2) is 35.5 Å². The molecular weight excluding hydrogens is 288 g/mol. The highest BCUT2D eigenvalue weighted by Crippen LogP contribution is 2.34. The van der Waals surface area contributed by atoms with Crippen molar-refractivity contribution in [3.8, 4) is 0 Å². The molecule has 0 unspecified atom stereocenters. The van der Waals surface area contributed by atoms with E-state index in [4.69, 9.17) is 10.5 Å². The summed E-state index contributed by atoms with van der Waals surface area (Å²) in [5.74, 6) is 0.335. The summed E-state index contributed by atoms with van der Waals surface area (Å²) in [6.07, 6.45) is 3.86. The lowest BCUT2D eigenvalue weighted by Crippen LogP contribution is -2.58. The maximum Gasteiger partial charge on any atom is 0.226 e. The number of ether oxygens (including phenoxy) is 1. The van der Waals surface area contributed by atoms with E-state index in [-0.39, 0.29) is 29.5 Å². The van der Waals surface area contributed by atoms with Crippen LogP contribution in [0.5, 0.6) is 0 Å². The van der Waals surface area contributed by atoms with Gasteiger partial charge in [-0.15, -0.1) is 0 Å². The summed E-state index contributed by atoms with van der Waals surface area (Å²) < 4.78 is 6.05. The van der Waals surface area contributed by atoms with E-state index in [1.165, 1.54) is 0 Å². The Kier molecular flexibility index (Phi) is 4.74. The molecule has 1 heterocycles. The molecule has 1 amide bonds. The van der Waals surface area contributed by atoms with E-state index in [1.54, 1.807) is 0 Å². The van der Waals surface area contributed by atoms with Crippen molar-refractivity contribution in [2.75, 3.05) is 13.2 Å². The highest BCUT2D eigenvalue weighted by molar-refractivity contribution is 5.80. The fraction of sp³-hybridized carbons (Fsp3) is 0.632. The standard InChI is InChI=1S/C19H28N2O2/c1-19(2)13-23-17(14-7-4-3-5-8-14)12-21(19)18(22)15-9-6-10-16(20)11-15/h3-5,7-8,15-17H,6,9-13,20H2,1-2H3/t15-,16+,17+/m1/s1. The normalized spacial score (nSPS) is 30.9. The molecule has 0 radical (unpaired) electrons.